The van der Waals surface area contributed by atoms with Crippen LogP contribution in [0.4, 0.5) is 0 Å². The molecule has 0 fully saturated rings. The highest BCUT2D eigenvalue weighted by Crippen LogP contribution is 2.18. The predicted octanol–water partition coefficient (Wildman–Crippen LogP) is 2.10. The molecular weight excluding hydrogens is 244 g/mol. The Morgan fingerprint density at radius 3 is 2.84 bits per heavy atom. The van der Waals surface area contributed by atoms with Gasteiger partial charge in [0.15, 0.2) is 0 Å². The Balaban J connectivity index is 2.09. The summed E-state index contributed by atoms with van der Waals surface area (Å²) >= 11 is 0. The third-order valence-corrected chi connectivity index (χ3v) is 2.45. The highest BCUT2D eigenvalue weighted by atomic mass is 16.5. The first kappa shape index (κ1) is 12.9. The van der Waals surface area contributed by atoms with Crippen LogP contribution < -0.4 is 4.74 Å². The van der Waals surface area contributed by atoms with E-state index in [1.165, 1.54) is 6.08 Å². The molecule has 0 atom stereocenters. The Kier molecular flexibility index (Phi) is 3.97. The molecule has 0 amide bonds. The number of hydrogen-bond acceptors (Lipinski definition) is 3. The highest BCUT2D eigenvalue weighted by Gasteiger charge is 2.07. The van der Waals surface area contributed by atoms with Gasteiger partial charge in [0.25, 0.3) is 0 Å². The molecule has 1 N–H and O–H groups in total. The van der Waals surface area contributed by atoms with E-state index < -0.39 is 5.97 Å². The van der Waals surface area contributed by atoms with Gasteiger partial charge in [0.1, 0.15) is 6.61 Å². The van der Waals surface area contributed by atoms with Gasteiger partial charge in [-0.15, -0.1) is 5.10 Å². The van der Waals surface area contributed by atoms with Crippen molar-refractivity contribution in [3.05, 3.63) is 53.7 Å². The number of benzene rings is 1. The summed E-state index contributed by atoms with van der Waals surface area (Å²) in [7, 11) is 1.76. The first-order chi connectivity index (χ1) is 9.15. The van der Waals surface area contributed by atoms with Gasteiger partial charge < -0.3 is 9.84 Å². The average molecular weight is 258 g/mol. The Labute approximate surface area is 110 Å². The first-order valence-electron chi connectivity index (χ1n) is 5.76. The van der Waals surface area contributed by atoms with Gasteiger partial charge in [0, 0.05) is 19.3 Å². The van der Waals surface area contributed by atoms with Crippen molar-refractivity contribution >= 4 is 12.0 Å². The lowest BCUT2D eigenvalue weighted by Crippen LogP contribution is -1.97. The quantitative estimate of drug-likeness (QED) is 0.834. The van der Waals surface area contributed by atoms with E-state index in [0.717, 1.165) is 11.6 Å². The normalized spacial score (nSPS) is 10.8. The van der Waals surface area contributed by atoms with Gasteiger partial charge in [0.05, 0.1) is 5.56 Å². The second kappa shape index (κ2) is 5.86. The summed E-state index contributed by atoms with van der Waals surface area (Å²) in [6, 6.07) is 9.71. The molecule has 0 aliphatic rings. The molecule has 0 aliphatic heterocycles. The molecule has 0 spiro atoms. The Morgan fingerprint density at radius 1 is 1.42 bits per heavy atom. The lowest BCUT2D eigenvalue weighted by molar-refractivity contribution is -0.131. The van der Waals surface area contributed by atoms with Crippen LogP contribution in [-0.4, -0.2) is 20.9 Å². The fourth-order valence-corrected chi connectivity index (χ4v) is 1.60. The van der Waals surface area contributed by atoms with Gasteiger partial charge >= 0.3 is 5.97 Å². The molecule has 1 aromatic carbocycles. The largest absolute Gasteiger partial charge is 0.478 e. The van der Waals surface area contributed by atoms with Crippen LogP contribution in [0.5, 0.6) is 5.88 Å². The number of hydrogen-bond donors (Lipinski definition) is 1. The molecule has 98 valence electrons. The summed E-state index contributed by atoms with van der Waals surface area (Å²) in [5, 5.41) is 12.8. The summed E-state index contributed by atoms with van der Waals surface area (Å²) < 4.78 is 7.19. The molecule has 0 unspecified atom stereocenters. The number of carboxylic acid groups (broad SMARTS) is 1. The molecule has 0 aliphatic carbocycles. The van der Waals surface area contributed by atoms with E-state index in [4.69, 9.17) is 9.84 Å². The molecule has 0 saturated carbocycles. The molecule has 1 heterocycles. The second-order valence-electron chi connectivity index (χ2n) is 4.01. The minimum absolute atomic E-state index is 0.395. The minimum atomic E-state index is -1.00. The molecule has 2 rings (SSSR count). The zero-order valence-corrected chi connectivity index (χ0v) is 10.5. The van der Waals surface area contributed by atoms with Crippen LogP contribution in [-0.2, 0) is 18.4 Å². The maximum atomic E-state index is 10.5. The number of rotatable bonds is 5. The van der Waals surface area contributed by atoms with Gasteiger partial charge in [-0.25, -0.2) is 4.79 Å². The van der Waals surface area contributed by atoms with E-state index >= 15 is 0 Å². The van der Waals surface area contributed by atoms with E-state index in [1.807, 2.05) is 30.3 Å². The molecule has 2 aromatic rings. The molecule has 1 aromatic heterocycles. The number of carboxylic acids is 1. The number of aliphatic carboxylic acids is 1. The number of aromatic nitrogens is 2. The van der Waals surface area contributed by atoms with Crippen molar-refractivity contribution in [3.63, 3.8) is 0 Å². The van der Waals surface area contributed by atoms with E-state index in [0.29, 0.717) is 18.1 Å². The fourth-order valence-electron chi connectivity index (χ4n) is 1.60. The van der Waals surface area contributed by atoms with Crippen molar-refractivity contribution < 1.29 is 14.6 Å². The molecule has 0 saturated heterocycles. The summed E-state index contributed by atoms with van der Waals surface area (Å²) in [6.45, 7) is 0.395. The SMILES string of the molecule is Cn1cc(C=CC(=O)O)c(OCc2ccccc2)n1. The molecule has 5 heteroatoms. The Hall–Kier alpha value is -2.56. The molecule has 0 bridgehead atoms. The van der Waals surface area contributed by atoms with E-state index in [2.05, 4.69) is 5.10 Å². The third kappa shape index (κ3) is 3.70. The van der Waals surface area contributed by atoms with Crippen LogP contribution in [0.25, 0.3) is 6.08 Å². The monoisotopic (exact) mass is 258 g/mol. The van der Waals surface area contributed by atoms with Crippen molar-refractivity contribution in [1.29, 1.82) is 0 Å². The van der Waals surface area contributed by atoms with Crippen molar-refractivity contribution in [3.8, 4) is 5.88 Å². The van der Waals surface area contributed by atoms with Crippen LogP contribution in [0.15, 0.2) is 42.6 Å². The van der Waals surface area contributed by atoms with Gasteiger partial charge in [-0.1, -0.05) is 30.3 Å². The molecular formula is C14H14N2O3. The smallest absolute Gasteiger partial charge is 0.328 e. The lowest BCUT2D eigenvalue weighted by atomic mass is 10.2. The van der Waals surface area contributed by atoms with Crippen molar-refractivity contribution in [2.45, 2.75) is 6.61 Å². The van der Waals surface area contributed by atoms with Gasteiger partial charge in [-0.3, -0.25) is 4.68 Å². The zero-order valence-electron chi connectivity index (χ0n) is 10.5. The van der Waals surface area contributed by atoms with Crippen LogP contribution >= 0.6 is 0 Å². The van der Waals surface area contributed by atoms with Gasteiger partial charge in [-0.2, -0.15) is 0 Å². The van der Waals surface area contributed by atoms with Crippen molar-refractivity contribution in [2.24, 2.45) is 7.05 Å². The number of ether oxygens (including phenoxy) is 1. The summed E-state index contributed by atoms with van der Waals surface area (Å²) in [5.74, 6) is -0.582. The third-order valence-electron chi connectivity index (χ3n) is 2.45. The standard InChI is InChI=1S/C14H14N2O3/c1-16-9-12(7-8-13(17)18)14(15-16)19-10-11-5-3-2-4-6-11/h2-9H,10H2,1H3,(H,17,18). The zero-order chi connectivity index (χ0) is 13.7. The van der Waals surface area contributed by atoms with Crippen LogP contribution in [0.3, 0.4) is 0 Å². The average Bonchev–Trinajstić information content (AvgIpc) is 2.75. The second-order valence-corrected chi connectivity index (χ2v) is 4.01. The fraction of sp³-hybridized carbons (Fsp3) is 0.143. The number of carbonyl (C=O) groups is 1. The summed E-state index contributed by atoms with van der Waals surface area (Å²) in [6.07, 6.45) is 4.24. The van der Waals surface area contributed by atoms with Gasteiger partial charge in [0.2, 0.25) is 5.88 Å². The van der Waals surface area contributed by atoms with Crippen LogP contribution in [0.1, 0.15) is 11.1 Å². The van der Waals surface area contributed by atoms with E-state index in [-0.39, 0.29) is 0 Å². The number of nitrogens with zero attached hydrogens (tertiary/aromatic N) is 2. The lowest BCUT2D eigenvalue weighted by Gasteiger charge is -2.03. The Morgan fingerprint density at radius 2 is 2.16 bits per heavy atom. The molecule has 19 heavy (non-hydrogen) atoms. The summed E-state index contributed by atoms with van der Waals surface area (Å²) in [5.41, 5.74) is 1.67. The van der Waals surface area contributed by atoms with Gasteiger partial charge in [-0.05, 0) is 11.6 Å². The maximum Gasteiger partial charge on any atom is 0.328 e. The predicted molar refractivity (Wildman–Crippen MR) is 70.7 cm³/mol. The van der Waals surface area contributed by atoms with E-state index in [9.17, 15) is 4.79 Å². The van der Waals surface area contributed by atoms with Crippen LogP contribution in [0, 0.1) is 0 Å². The highest BCUT2D eigenvalue weighted by molar-refractivity contribution is 5.85. The topological polar surface area (TPSA) is 64.4 Å². The summed E-state index contributed by atoms with van der Waals surface area (Å²) in [4.78, 5) is 10.5. The van der Waals surface area contributed by atoms with Crippen molar-refractivity contribution in [2.75, 3.05) is 0 Å². The molecule has 0 radical (unpaired) electrons. The number of aryl methyl sites for hydroxylation is 1. The first-order valence-corrected chi connectivity index (χ1v) is 5.76. The van der Waals surface area contributed by atoms with Crippen LogP contribution in [0.2, 0.25) is 0 Å². The maximum absolute atomic E-state index is 10.5. The van der Waals surface area contributed by atoms with Crippen molar-refractivity contribution in [1.82, 2.24) is 9.78 Å². The minimum Gasteiger partial charge on any atom is -0.478 e. The Bertz CT molecular complexity index is 588. The van der Waals surface area contributed by atoms with E-state index in [1.54, 1.807) is 17.9 Å². The molecule has 5 nitrogen and oxygen atoms in total.